The zero-order valence-corrected chi connectivity index (χ0v) is 16.2. The highest BCUT2D eigenvalue weighted by molar-refractivity contribution is 5.74. The summed E-state index contributed by atoms with van der Waals surface area (Å²) in [5.74, 6) is 0. The van der Waals surface area contributed by atoms with Crippen LogP contribution in [0.3, 0.4) is 0 Å². The molecule has 0 radical (unpaired) electrons. The van der Waals surface area contributed by atoms with Gasteiger partial charge in [0.2, 0.25) is 0 Å². The van der Waals surface area contributed by atoms with Gasteiger partial charge in [-0.2, -0.15) is 0 Å². The molecule has 2 amide bonds. The van der Waals surface area contributed by atoms with Crippen LogP contribution in [0, 0.1) is 5.41 Å². The number of hydrogen-bond donors (Lipinski definition) is 2. The summed E-state index contributed by atoms with van der Waals surface area (Å²) in [5, 5.41) is 12.4. The van der Waals surface area contributed by atoms with Crippen LogP contribution in [0.5, 0.6) is 0 Å². The van der Waals surface area contributed by atoms with Crippen molar-refractivity contribution < 1.29 is 9.90 Å². The number of carbonyl (C=O) groups is 1. The van der Waals surface area contributed by atoms with Crippen molar-refractivity contribution in [3.63, 3.8) is 0 Å². The Kier molecular flexibility index (Phi) is 6.47. The van der Waals surface area contributed by atoms with E-state index in [-0.39, 0.29) is 30.1 Å². The Labute approximate surface area is 152 Å². The highest BCUT2D eigenvalue weighted by Crippen LogP contribution is 2.24. The van der Waals surface area contributed by atoms with Gasteiger partial charge in [0, 0.05) is 32.7 Å². The Bertz CT molecular complexity index is 583. The number of amides is 2. The topological polar surface area (TPSA) is 55.8 Å². The molecule has 2 atom stereocenters. The van der Waals surface area contributed by atoms with Crippen LogP contribution < -0.4 is 5.32 Å². The molecule has 1 aromatic rings. The lowest BCUT2D eigenvalue weighted by molar-refractivity contribution is 0.132. The quantitative estimate of drug-likeness (QED) is 0.860. The number of urea groups is 1. The molecule has 5 nitrogen and oxygen atoms in total. The maximum Gasteiger partial charge on any atom is 0.317 e. The second kappa shape index (κ2) is 8.19. The van der Waals surface area contributed by atoms with E-state index in [1.165, 1.54) is 11.1 Å². The molecule has 2 rings (SSSR count). The fourth-order valence-corrected chi connectivity index (χ4v) is 3.08. The molecule has 0 fully saturated rings. The normalized spacial score (nSPS) is 17.5. The van der Waals surface area contributed by atoms with Crippen LogP contribution in [0.25, 0.3) is 0 Å². The molecule has 0 spiro atoms. The molecule has 1 heterocycles. The van der Waals surface area contributed by atoms with Gasteiger partial charge in [-0.15, -0.1) is 0 Å². The van der Waals surface area contributed by atoms with E-state index in [1.54, 1.807) is 11.9 Å². The highest BCUT2D eigenvalue weighted by Gasteiger charge is 2.30. The Morgan fingerprint density at radius 2 is 1.96 bits per heavy atom. The molecule has 1 aliphatic rings. The summed E-state index contributed by atoms with van der Waals surface area (Å²) in [6.07, 6.45) is 1.06. The number of aliphatic hydroxyl groups excluding tert-OH is 1. The maximum absolute atomic E-state index is 12.5. The fraction of sp³-hybridized carbons (Fsp3) is 0.650. The molecule has 0 saturated carbocycles. The van der Waals surface area contributed by atoms with Crippen LogP contribution >= 0.6 is 0 Å². The van der Waals surface area contributed by atoms with Crippen LogP contribution in [0.2, 0.25) is 0 Å². The van der Waals surface area contributed by atoms with Crippen molar-refractivity contribution >= 4 is 6.03 Å². The monoisotopic (exact) mass is 347 g/mol. The molecule has 1 aromatic carbocycles. The minimum absolute atomic E-state index is 0.0347. The van der Waals surface area contributed by atoms with Crippen molar-refractivity contribution in [2.45, 2.75) is 52.7 Å². The largest absolute Gasteiger partial charge is 0.394 e. The minimum atomic E-state index is -0.192. The van der Waals surface area contributed by atoms with E-state index >= 15 is 0 Å². The molecule has 140 valence electrons. The van der Waals surface area contributed by atoms with Crippen molar-refractivity contribution in [3.05, 3.63) is 35.4 Å². The first-order valence-electron chi connectivity index (χ1n) is 9.15. The molecule has 5 heteroatoms. The number of fused-ring (bicyclic) bond motifs is 1. The SMILES string of the molecule is CC(CO)N(C)C(=O)NC(CN1CCc2ccccc2C1)C(C)(C)C. The van der Waals surface area contributed by atoms with Crippen molar-refractivity contribution in [3.8, 4) is 0 Å². The van der Waals surface area contributed by atoms with Crippen LogP contribution in [0.15, 0.2) is 24.3 Å². The van der Waals surface area contributed by atoms with Crippen molar-refractivity contribution in [2.75, 3.05) is 26.7 Å². The predicted octanol–water partition coefficient (Wildman–Crippen LogP) is 2.48. The molecule has 0 aromatic heterocycles. The summed E-state index contributed by atoms with van der Waals surface area (Å²) >= 11 is 0. The minimum Gasteiger partial charge on any atom is -0.394 e. The summed E-state index contributed by atoms with van der Waals surface area (Å²) in [6, 6.07) is 8.32. The smallest absolute Gasteiger partial charge is 0.317 e. The Balaban J connectivity index is 2.03. The molecule has 0 aliphatic carbocycles. The number of likely N-dealkylation sites (N-methyl/N-ethyl adjacent to an activating group) is 1. The third-order valence-electron chi connectivity index (χ3n) is 5.24. The van der Waals surface area contributed by atoms with Gasteiger partial charge in [-0.3, -0.25) is 4.90 Å². The number of hydrogen-bond acceptors (Lipinski definition) is 3. The second-order valence-corrected chi connectivity index (χ2v) is 8.26. The lowest BCUT2D eigenvalue weighted by atomic mass is 9.86. The number of benzene rings is 1. The van der Waals surface area contributed by atoms with Crippen molar-refractivity contribution in [2.24, 2.45) is 5.41 Å². The zero-order chi connectivity index (χ0) is 18.6. The van der Waals surface area contributed by atoms with E-state index in [9.17, 15) is 9.90 Å². The summed E-state index contributed by atoms with van der Waals surface area (Å²) in [5.41, 5.74) is 2.78. The lowest BCUT2D eigenvalue weighted by Gasteiger charge is -2.39. The molecular weight excluding hydrogens is 314 g/mol. The fourth-order valence-electron chi connectivity index (χ4n) is 3.08. The standard InChI is InChI=1S/C20H33N3O2/c1-15(14-24)22(5)19(25)21-18(20(2,3)4)13-23-11-10-16-8-6-7-9-17(16)12-23/h6-9,15,18,24H,10-14H2,1-5H3,(H,21,25). The first kappa shape index (κ1) is 19.7. The Hall–Kier alpha value is -1.59. The van der Waals surface area contributed by atoms with E-state index < -0.39 is 0 Å². The molecule has 25 heavy (non-hydrogen) atoms. The van der Waals surface area contributed by atoms with Gasteiger partial charge in [-0.25, -0.2) is 4.79 Å². The first-order chi connectivity index (χ1) is 11.7. The van der Waals surface area contributed by atoms with Crippen molar-refractivity contribution in [1.29, 1.82) is 0 Å². The highest BCUT2D eigenvalue weighted by atomic mass is 16.3. The molecule has 1 aliphatic heterocycles. The second-order valence-electron chi connectivity index (χ2n) is 8.26. The number of carbonyl (C=O) groups excluding carboxylic acids is 1. The third kappa shape index (κ3) is 5.19. The van der Waals surface area contributed by atoms with Gasteiger partial charge >= 0.3 is 6.03 Å². The molecule has 2 unspecified atom stereocenters. The summed E-state index contributed by atoms with van der Waals surface area (Å²) in [4.78, 5) is 16.5. The average molecular weight is 348 g/mol. The van der Waals surface area contributed by atoms with Crippen LogP contribution in [0.1, 0.15) is 38.8 Å². The summed E-state index contributed by atoms with van der Waals surface area (Å²) in [6.45, 7) is 11.1. The Morgan fingerprint density at radius 1 is 1.32 bits per heavy atom. The molecule has 0 saturated heterocycles. The molecule has 2 N–H and O–H groups in total. The Morgan fingerprint density at radius 3 is 2.56 bits per heavy atom. The average Bonchev–Trinajstić information content (AvgIpc) is 2.58. The van der Waals surface area contributed by atoms with Crippen LogP contribution in [-0.2, 0) is 13.0 Å². The number of rotatable bonds is 5. The van der Waals surface area contributed by atoms with Crippen molar-refractivity contribution in [1.82, 2.24) is 15.1 Å². The van der Waals surface area contributed by atoms with E-state index in [0.717, 1.165) is 26.1 Å². The van der Waals surface area contributed by atoms with E-state index in [2.05, 4.69) is 55.3 Å². The van der Waals surface area contributed by atoms with Crippen LogP contribution in [-0.4, -0.2) is 59.8 Å². The van der Waals surface area contributed by atoms with Gasteiger partial charge in [0.15, 0.2) is 0 Å². The van der Waals surface area contributed by atoms with Gasteiger partial charge in [0.1, 0.15) is 0 Å². The molecular formula is C20H33N3O2. The third-order valence-corrected chi connectivity index (χ3v) is 5.24. The van der Waals surface area contributed by atoms with E-state index in [1.807, 2.05) is 6.92 Å². The lowest BCUT2D eigenvalue weighted by Crippen LogP contribution is -2.55. The maximum atomic E-state index is 12.5. The van der Waals surface area contributed by atoms with Gasteiger partial charge in [-0.1, -0.05) is 45.0 Å². The van der Waals surface area contributed by atoms with E-state index in [0.29, 0.717) is 0 Å². The summed E-state index contributed by atoms with van der Waals surface area (Å²) < 4.78 is 0. The number of nitrogens with zero attached hydrogens (tertiary/aromatic N) is 2. The van der Waals surface area contributed by atoms with Crippen LogP contribution in [0.4, 0.5) is 4.79 Å². The number of nitrogens with one attached hydrogen (secondary N) is 1. The van der Waals surface area contributed by atoms with Gasteiger partial charge in [0.05, 0.1) is 12.6 Å². The zero-order valence-electron chi connectivity index (χ0n) is 16.2. The number of aliphatic hydroxyl groups is 1. The van der Waals surface area contributed by atoms with Gasteiger partial charge in [-0.05, 0) is 29.9 Å². The molecule has 0 bridgehead atoms. The predicted molar refractivity (Wildman–Crippen MR) is 102 cm³/mol. The van der Waals surface area contributed by atoms with Gasteiger partial charge in [0.25, 0.3) is 0 Å². The van der Waals surface area contributed by atoms with E-state index in [4.69, 9.17) is 0 Å². The summed E-state index contributed by atoms with van der Waals surface area (Å²) in [7, 11) is 1.73. The van der Waals surface area contributed by atoms with Gasteiger partial charge < -0.3 is 15.3 Å². The first-order valence-corrected chi connectivity index (χ1v) is 9.15.